The van der Waals surface area contributed by atoms with Crippen LogP contribution in [0.3, 0.4) is 0 Å². The summed E-state index contributed by atoms with van der Waals surface area (Å²) in [6.07, 6.45) is 1.77. The van der Waals surface area contributed by atoms with Crippen molar-refractivity contribution in [3.63, 3.8) is 0 Å². The lowest BCUT2D eigenvalue weighted by atomic mass is 10.4. The highest BCUT2D eigenvalue weighted by molar-refractivity contribution is 7.99. The third kappa shape index (κ3) is 3.46. The molecule has 0 aliphatic rings. The van der Waals surface area contributed by atoms with Gasteiger partial charge in [-0.05, 0) is 0 Å². The Bertz CT molecular complexity index is 347. The first-order valence-corrected chi connectivity index (χ1v) is 5.09. The lowest BCUT2D eigenvalue weighted by Gasteiger charge is -2.06. The van der Waals surface area contributed by atoms with Crippen LogP contribution in [-0.2, 0) is 0 Å². The van der Waals surface area contributed by atoms with E-state index in [2.05, 4.69) is 9.97 Å². The molecule has 1 heterocycles. The third-order valence-electron chi connectivity index (χ3n) is 1.49. The fraction of sp³-hybridized carbons (Fsp3) is 0.375. The number of hydrogen-bond donors (Lipinski definition) is 3. The van der Waals surface area contributed by atoms with Crippen molar-refractivity contribution in [2.24, 2.45) is 0 Å². The molecule has 0 saturated heterocycles. The minimum atomic E-state index is -1.16. The zero-order valence-electron chi connectivity index (χ0n) is 7.70. The molecule has 1 rings (SSSR count). The predicted octanol–water partition coefficient (Wildman–Crippen LogP) is -0.380. The molecule has 0 aliphatic carbocycles. The van der Waals surface area contributed by atoms with Gasteiger partial charge < -0.3 is 15.3 Å². The second kappa shape index (κ2) is 5.64. The first-order chi connectivity index (χ1) is 7.15. The Morgan fingerprint density at radius 1 is 1.47 bits per heavy atom. The molecule has 1 aromatic rings. The van der Waals surface area contributed by atoms with Crippen LogP contribution in [0.1, 0.15) is 10.5 Å². The van der Waals surface area contributed by atoms with E-state index in [1.165, 1.54) is 12.4 Å². The van der Waals surface area contributed by atoms with E-state index in [9.17, 15) is 4.79 Å². The van der Waals surface area contributed by atoms with Crippen LogP contribution in [0.25, 0.3) is 0 Å². The molecule has 0 radical (unpaired) electrons. The van der Waals surface area contributed by atoms with Gasteiger partial charge in [-0.2, -0.15) is 0 Å². The minimum Gasteiger partial charge on any atom is -0.476 e. The first-order valence-electron chi connectivity index (χ1n) is 4.11. The molecule has 1 atom stereocenters. The molecule has 1 aromatic heterocycles. The van der Waals surface area contributed by atoms with Crippen LogP contribution < -0.4 is 0 Å². The summed E-state index contributed by atoms with van der Waals surface area (Å²) in [6.45, 7) is -0.365. The van der Waals surface area contributed by atoms with Gasteiger partial charge in [-0.3, -0.25) is 0 Å². The van der Waals surface area contributed by atoms with Gasteiger partial charge in [0.1, 0.15) is 5.03 Å². The van der Waals surface area contributed by atoms with E-state index in [0.29, 0.717) is 0 Å². The summed E-state index contributed by atoms with van der Waals surface area (Å²) in [5, 5.41) is 26.7. The fourth-order valence-corrected chi connectivity index (χ4v) is 1.67. The molecule has 6 nitrogen and oxygen atoms in total. The maximum atomic E-state index is 10.7. The smallest absolute Gasteiger partial charge is 0.357 e. The van der Waals surface area contributed by atoms with Gasteiger partial charge in [-0.25, -0.2) is 14.8 Å². The van der Waals surface area contributed by atoms with E-state index in [0.717, 1.165) is 11.8 Å². The lowest BCUT2D eigenvalue weighted by Crippen LogP contribution is -2.15. The first kappa shape index (κ1) is 11.9. The van der Waals surface area contributed by atoms with Crippen LogP contribution in [0, 0.1) is 0 Å². The molecule has 0 amide bonds. The van der Waals surface area contributed by atoms with Gasteiger partial charge in [0, 0.05) is 18.1 Å². The van der Waals surface area contributed by atoms with Crippen LogP contribution in [0.5, 0.6) is 0 Å². The molecule has 1 unspecified atom stereocenters. The number of aromatic nitrogens is 2. The number of carbonyl (C=O) groups is 1. The van der Waals surface area contributed by atoms with Gasteiger partial charge in [0.05, 0.1) is 12.7 Å². The quantitative estimate of drug-likeness (QED) is 0.592. The van der Waals surface area contributed by atoms with Gasteiger partial charge in [0.15, 0.2) is 5.69 Å². The Kier molecular flexibility index (Phi) is 4.47. The van der Waals surface area contributed by atoms with Crippen molar-refractivity contribution in [1.29, 1.82) is 0 Å². The molecule has 0 fully saturated rings. The number of aromatic carboxylic acids is 1. The summed E-state index contributed by atoms with van der Waals surface area (Å²) in [5.41, 5.74) is -0.146. The monoisotopic (exact) mass is 230 g/mol. The maximum Gasteiger partial charge on any atom is 0.357 e. The summed E-state index contributed by atoms with van der Waals surface area (Å²) in [6, 6.07) is 0. The van der Waals surface area contributed by atoms with E-state index in [1.54, 1.807) is 0 Å². The van der Waals surface area contributed by atoms with Crippen LogP contribution in [0.4, 0.5) is 0 Å². The van der Waals surface area contributed by atoms with Gasteiger partial charge in [-0.15, -0.1) is 11.8 Å². The van der Waals surface area contributed by atoms with E-state index in [4.69, 9.17) is 15.3 Å². The second-order valence-electron chi connectivity index (χ2n) is 2.66. The lowest BCUT2D eigenvalue weighted by molar-refractivity contribution is 0.0685. The third-order valence-corrected chi connectivity index (χ3v) is 2.61. The topological polar surface area (TPSA) is 104 Å². The molecule has 7 heteroatoms. The zero-order valence-corrected chi connectivity index (χ0v) is 8.52. The molecule has 0 aliphatic heterocycles. The van der Waals surface area contributed by atoms with Crippen molar-refractivity contribution < 1.29 is 20.1 Å². The predicted molar refractivity (Wildman–Crippen MR) is 52.8 cm³/mol. The van der Waals surface area contributed by atoms with E-state index >= 15 is 0 Å². The molecule has 3 N–H and O–H groups in total. The molecule has 0 spiro atoms. The largest absolute Gasteiger partial charge is 0.476 e. The van der Waals surface area contributed by atoms with Crippen molar-refractivity contribution in [1.82, 2.24) is 9.97 Å². The second-order valence-corrected chi connectivity index (χ2v) is 3.67. The Balaban J connectivity index is 2.72. The van der Waals surface area contributed by atoms with Crippen molar-refractivity contribution in [3.05, 3.63) is 18.1 Å². The Morgan fingerprint density at radius 2 is 2.13 bits per heavy atom. The van der Waals surface area contributed by atoms with Crippen molar-refractivity contribution in [2.45, 2.75) is 11.1 Å². The number of thioether (sulfide) groups is 1. The minimum absolute atomic E-state index is 0.146. The van der Waals surface area contributed by atoms with Gasteiger partial charge >= 0.3 is 5.97 Å². The molecular formula is C8H10N2O4S. The SMILES string of the molecule is O=C(O)c1nccnc1SCC(O)CO. The van der Waals surface area contributed by atoms with E-state index in [1.807, 2.05) is 0 Å². The highest BCUT2D eigenvalue weighted by Crippen LogP contribution is 2.18. The number of hydrogen-bond acceptors (Lipinski definition) is 6. The summed E-state index contributed by atoms with van der Waals surface area (Å²) in [4.78, 5) is 18.2. The van der Waals surface area contributed by atoms with Crippen molar-refractivity contribution >= 4 is 17.7 Å². The van der Waals surface area contributed by atoms with E-state index in [-0.39, 0.29) is 23.1 Å². The van der Waals surface area contributed by atoms with E-state index < -0.39 is 12.1 Å². The molecule has 15 heavy (non-hydrogen) atoms. The highest BCUT2D eigenvalue weighted by atomic mass is 32.2. The van der Waals surface area contributed by atoms with Crippen LogP contribution in [0.2, 0.25) is 0 Å². The average molecular weight is 230 g/mol. The summed E-state index contributed by atoms with van der Waals surface area (Å²) < 4.78 is 0. The Labute approximate surface area is 90.0 Å². The van der Waals surface area contributed by atoms with Gasteiger partial charge in [0.2, 0.25) is 0 Å². The zero-order chi connectivity index (χ0) is 11.3. The normalized spacial score (nSPS) is 12.4. The molecule has 0 saturated carbocycles. The highest BCUT2D eigenvalue weighted by Gasteiger charge is 2.14. The number of carboxylic acids is 1. The van der Waals surface area contributed by atoms with Gasteiger partial charge in [0.25, 0.3) is 0 Å². The maximum absolute atomic E-state index is 10.7. The Morgan fingerprint density at radius 3 is 2.73 bits per heavy atom. The molecule has 0 aromatic carbocycles. The van der Waals surface area contributed by atoms with Crippen LogP contribution >= 0.6 is 11.8 Å². The number of carboxylic acid groups (broad SMARTS) is 1. The van der Waals surface area contributed by atoms with Crippen LogP contribution in [-0.4, -0.2) is 49.7 Å². The summed E-state index contributed by atoms with van der Waals surface area (Å²) in [7, 11) is 0. The van der Waals surface area contributed by atoms with Crippen LogP contribution in [0.15, 0.2) is 17.4 Å². The van der Waals surface area contributed by atoms with Gasteiger partial charge in [-0.1, -0.05) is 0 Å². The Hall–Kier alpha value is -1.18. The number of aliphatic hydroxyl groups is 2. The fourth-order valence-electron chi connectivity index (χ4n) is 0.805. The average Bonchev–Trinajstić information content (AvgIpc) is 2.26. The summed E-state index contributed by atoms with van der Waals surface area (Å²) in [5.74, 6) is -0.987. The molecule has 0 bridgehead atoms. The number of nitrogens with zero attached hydrogens (tertiary/aromatic N) is 2. The van der Waals surface area contributed by atoms with Crippen molar-refractivity contribution in [3.8, 4) is 0 Å². The molecular weight excluding hydrogens is 220 g/mol. The number of rotatable bonds is 5. The standard InChI is InChI=1S/C8H10N2O4S/c11-3-5(12)4-15-7-6(8(13)14)9-1-2-10-7/h1-2,5,11-12H,3-4H2,(H,13,14). The molecule has 82 valence electrons. The van der Waals surface area contributed by atoms with Crippen molar-refractivity contribution in [2.75, 3.05) is 12.4 Å². The summed E-state index contributed by atoms with van der Waals surface area (Å²) >= 11 is 1.04. The number of aliphatic hydroxyl groups excluding tert-OH is 2.